The Balaban J connectivity index is 0.000000845. The summed E-state index contributed by atoms with van der Waals surface area (Å²) in [5.41, 5.74) is 0.207. The third-order valence-electron chi connectivity index (χ3n) is 1.38. The minimum Gasteiger partial charge on any atom is -0.417 e. The molecule has 0 unspecified atom stereocenters. The molecule has 0 fully saturated rings. The van der Waals surface area contributed by atoms with Gasteiger partial charge in [-0.2, -0.15) is 0 Å². The molecule has 5 heteroatoms. The molecule has 0 aliphatic heterocycles. The summed E-state index contributed by atoms with van der Waals surface area (Å²) in [5, 5.41) is 5.43. The van der Waals surface area contributed by atoms with Crippen molar-refractivity contribution in [1.82, 2.24) is 5.16 Å². The van der Waals surface area contributed by atoms with E-state index < -0.39 is 0 Å². The van der Waals surface area contributed by atoms with Gasteiger partial charge in [0.05, 0.1) is 10.6 Å². The number of thiophene rings is 1. The zero-order chi connectivity index (χ0) is 8.39. The fraction of sp³-hybridized carbons (Fsp3) is 0. The van der Waals surface area contributed by atoms with Gasteiger partial charge >= 0.3 is 0 Å². The van der Waals surface area contributed by atoms with Gasteiger partial charge in [-0.25, -0.2) is 0 Å². The molecule has 0 radical (unpaired) electrons. The Morgan fingerprint density at radius 3 is 2.92 bits per heavy atom. The molecule has 3 nitrogen and oxygen atoms in total. The third-order valence-corrected chi connectivity index (χ3v) is 2.26. The zero-order valence-corrected chi connectivity index (χ0v) is 10.1. The first kappa shape index (κ1) is 10.3. The molecule has 0 aliphatic rings. The van der Waals surface area contributed by atoms with Gasteiger partial charge < -0.3 is 9.32 Å². The van der Waals surface area contributed by atoms with Crippen LogP contribution in [0.2, 0.25) is 0 Å². The molecule has 0 bridgehead atoms. The first-order valence-electron chi connectivity index (χ1n) is 3.29. The van der Waals surface area contributed by atoms with Crippen LogP contribution in [0.25, 0.3) is 10.6 Å². The Hall–Kier alpha value is -0.732. The molecular formula is C8H4NO2SW-. The van der Waals surface area contributed by atoms with Crippen molar-refractivity contribution in [2.45, 2.75) is 0 Å². The number of aromatic nitrogens is 1. The van der Waals surface area contributed by atoms with Crippen molar-refractivity contribution in [2.75, 3.05) is 0 Å². The van der Waals surface area contributed by atoms with Crippen molar-refractivity contribution in [2.24, 2.45) is 0 Å². The fourth-order valence-corrected chi connectivity index (χ4v) is 1.53. The van der Waals surface area contributed by atoms with E-state index >= 15 is 0 Å². The predicted molar refractivity (Wildman–Crippen MR) is 44.6 cm³/mol. The molecule has 0 saturated carbocycles. The number of rotatable bonds is 2. The topological polar surface area (TPSA) is 43.1 Å². The maximum atomic E-state index is 10.1. The number of nitrogens with zero attached hydrogens (tertiary/aromatic N) is 1. The van der Waals surface area contributed by atoms with Gasteiger partial charge in [-0.1, -0.05) is 6.07 Å². The third kappa shape index (κ3) is 2.14. The quantitative estimate of drug-likeness (QED) is 0.767. The van der Waals surface area contributed by atoms with Crippen molar-refractivity contribution < 1.29 is 30.4 Å². The van der Waals surface area contributed by atoms with Crippen molar-refractivity contribution >= 4 is 17.6 Å². The molecule has 0 N–H and O–H groups in total. The largest absolute Gasteiger partial charge is 0.417 e. The standard InChI is InChI=1S/C8H4NO2S.W/c10-5-6-4-7(11-9-6)8-2-1-3-12-8;/h1-4H;/q-1;. The summed E-state index contributed by atoms with van der Waals surface area (Å²) in [6.45, 7) is 0. The van der Waals surface area contributed by atoms with Gasteiger partial charge in [0, 0.05) is 27.4 Å². The van der Waals surface area contributed by atoms with E-state index in [1.165, 1.54) is 11.3 Å². The molecule has 2 heterocycles. The van der Waals surface area contributed by atoms with Crippen molar-refractivity contribution in [3.8, 4) is 10.6 Å². The molecule has 2 rings (SSSR count). The summed E-state index contributed by atoms with van der Waals surface area (Å²) in [7, 11) is 0. The number of hydrogen-bond donors (Lipinski definition) is 0. The van der Waals surface area contributed by atoms with Gasteiger partial charge in [0.1, 0.15) is 0 Å². The second-order valence-corrected chi connectivity index (χ2v) is 3.10. The zero-order valence-electron chi connectivity index (χ0n) is 6.39. The van der Waals surface area contributed by atoms with Gasteiger partial charge in [0.2, 0.25) is 0 Å². The van der Waals surface area contributed by atoms with Crippen LogP contribution < -0.4 is 0 Å². The first-order chi connectivity index (χ1) is 5.90. The summed E-state index contributed by atoms with van der Waals surface area (Å²) in [6.07, 6.45) is 1.66. The van der Waals surface area contributed by atoms with Crippen LogP contribution in [-0.4, -0.2) is 11.4 Å². The molecule has 2 aromatic rings. The van der Waals surface area contributed by atoms with Gasteiger partial charge in [-0.05, 0) is 17.1 Å². The Bertz CT molecular complexity index is 383. The Morgan fingerprint density at radius 1 is 1.54 bits per heavy atom. The molecule has 0 aromatic carbocycles. The Kier molecular flexibility index (Phi) is 3.57. The molecule has 66 valence electrons. The van der Waals surface area contributed by atoms with Crippen LogP contribution >= 0.6 is 11.3 Å². The first-order valence-corrected chi connectivity index (χ1v) is 4.17. The normalized spacial score (nSPS) is 9.23. The van der Waals surface area contributed by atoms with Gasteiger partial charge in [0.25, 0.3) is 0 Å². The molecule has 0 atom stereocenters. The van der Waals surface area contributed by atoms with Crippen LogP contribution in [0.15, 0.2) is 28.1 Å². The van der Waals surface area contributed by atoms with Crippen molar-refractivity contribution in [3.05, 3.63) is 29.3 Å². The molecule has 0 saturated heterocycles. The minimum atomic E-state index is 0. The summed E-state index contributed by atoms with van der Waals surface area (Å²) in [5.74, 6) is 0.614. The molecule has 2 aromatic heterocycles. The predicted octanol–water partition coefficient (Wildman–Crippen LogP) is 1.86. The van der Waals surface area contributed by atoms with Crippen LogP contribution in [0.5, 0.6) is 0 Å². The average molecular weight is 362 g/mol. The number of carbonyl (C=O) groups excluding carboxylic acids is 1. The second-order valence-electron chi connectivity index (χ2n) is 2.16. The van der Waals surface area contributed by atoms with Crippen LogP contribution in [0, 0.1) is 0 Å². The molecule has 0 amide bonds. The van der Waals surface area contributed by atoms with E-state index in [-0.39, 0.29) is 26.8 Å². The molecule has 13 heavy (non-hydrogen) atoms. The average Bonchev–Trinajstić information content (AvgIpc) is 2.75. The van der Waals surface area contributed by atoms with Crippen LogP contribution in [0.3, 0.4) is 0 Å². The van der Waals surface area contributed by atoms with Gasteiger partial charge in [-0.3, -0.25) is 0 Å². The number of hydrogen-bond acceptors (Lipinski definition) is 4. The summed E-state index contributed by atoms with van der Waals surface area (Å²) in [4.78, 5) is 11.1. The fourth-order valence-electron chi connectivity index (χ4n) is 0.858. The van der Waals surface area contributed by atoms with E-state index in [1.807, 2.05) is 17.5 Å². The van der Waals surface area contributed by atoms with E-state index in [0.717, 1.165) is 4.88 Å². The van der Waals surface area contributed by atoms with Crippen LogP contribution in [0.1, 0.15) is 5.69 Å². The molecular weight excluding hydrogens is 358 g/mol. The second kappa shape index (κ2) is 4.49. The maximum absolute atomic E-state index is 10.1. The van der Waals surface area contributed by atoms with Crippen LogP contribution in [0.4, 0.5) is 0 Å². The van der Waals surface area contributed by atoms with Gasteiger partial charge in [0.15, 0.2) is 0 Å². The molecule has 0 spiro atoms. The summed E-state index contributed by atoms with van der Waals surface area (Å²) >= 11 is 1.54. The maximum Gasteiger partial charge on any atom is 0.0976 e. The van der Waals surface area contributed by atoms with E-state index in [4.69, 9.17) is 4.52 Å². The minimum absolute atomic E-state index is 0. The summed E-state index contributed by atoms with van der Waals surface area (Å²) in [6, 6.07) is 5.38. The smallest absolute Gasteiger partial charge is 0.0976 e. The van der Waals surface area contributed by atoms with Crippen molar-refractivity contribution in [3.63, 3.8) is 0 Å². The van der Waals surface area contributed by atoms with E-state index in [1.54, 1.807) is 12.4 Å². The Morgan fingerprint density at radius 2 is 2.38 bits per heavy atom. The Labute approximate surface area is 93.0 Å². The molecule has 0 aliphatic carbocycles. The summed E-state index contributed by atoms with van der Waals surface area (Å²) < 4.78 is 4.90. The SMILES string of the molecule is O=[C-]c1cc(-c2cccs2)on1.[W]. The monoisotopic (exact) mass is 362 g/mol. The van der Waals surface area contributed by atoms with Crippen molar-refractivity contribution in [1.29, 1.82) is 0 Å². The van der Waals surface area contributed by atoms with Gasteiger partial charge in [-0.15, -0.1) is 22.6 Å². The van der Waals surface area contributed by atoms with E-state index in [0.29, 0.717) is 5.76 Å². The van der Waals surface area contributed by atoms with E-state index in [9.17, 15) is 4.79 Å². The van der Waals surface area contributed by atoms with E-state index in [2.05, 4.69) is 5.16 Å². The van der Waals surface area contributed by atoms with Crippen LogP contribution in [-0.2, 0) is 25.9 Å².